The Bertz CT molecular complexity index is 1100. The predicted octanol–water partition coefficient (Wildman–Crippen LogP) is 4.14. The van der Waals surface area contributed by atoms with Gasteiger partial charge in [-0.3, -0.25) is 14.6 Å². The van der Waals surface area contributed by atoms with Crippen LogP contribution in [-0.2, 0) is 16.0 Å². The zero-order chi connectivity index (χ0) is 23.2. The van der Waals surface area contributed by atoms with Gasteiger partial charge in [-0.15, -0.1) is 0 Å². The molecule has 170 valence electrons. The van der Waals surface area contributed by atoms with Crippen molar-refractivity contribution >= 4 is 17.5 Å². The number of hydrogen-bond donors (Lipinski definition) is 3. The molecule has 0 bridgehead atoms. The minimum Gasteiger partial charge on any atom is -0.508 e. The van der Waals surface area contributed by atoms with Crippen LogP contribution in [0.2, 0.25) is 0 Å². The molecule has 0 aromatic heterocycles. The summed E-state index contributed by atoms with van der Waals surface area (Å²) in [5.41, 5.74) is 3.92. The SMILES string of the molecule is C[C@@H]1N=C(NC(=O)CCCc2ccccc2)C(=C2C=CC(=O)CC2)NC1c1ccc(O)cc1. The summed E-state index contributed by atoms with van der Waals surface area (Å²) >= 11 is 0. The van der Waals surface area contributed by atoms with Gasteiger partial charge in [0.2, 0.25) is 5.91 Å². The Balaban J connectivity index is 1.52. The van der Waals surface area contributed by atoms with E-state index in [-0.39, 0.29) is 29.5 Å². The average Bonchev–Trinajstić information content (AvgIpc) is 2.81. The van der Waals surface area contributed by atoms with Gasteiger partial charge < -0.3 is 15.7 Å². The molecule has 1 heterocycles. The van der Waals surface area contributed by atoms with E-state index in [1.807, 2.05) is 43.3 Å². The number of phenols is 1. The van der Waals surface area contributed by atoms with Gasteiger partial charge in [-0.25, -0.2) is 0 Å². The van der Waals surface area contributed by atoms with E-state index in [1.165, 1.54) is 5.56 Å². The van der Waals surface area contributed by atoms with E-state index in [9.17, 15) is 14.7 Å². The summed E-state index contributed by atoms with van der Waals surface area (Å²) in [5, 5.41) is 16.2. The number of amidine groups is 1. The van der Waals surface area contributed by atoms with Crippen LogP contribution in [0.1, 0.15) is 49.8 Å². The van der Waals surface area contributed by atoms with Gasteiger partial charge in [-0.2, -0.15) is 0 Å². The van der Waals surface area contributed by atoms with E-state index in [4.69, 9.17) is 4.99 Å². The van der Waals surface area contributed by atoms with Crippen molar-refractivity contribution in [2.45, 2.75) is 51.1 Å². The van der Waals surface area contributed by atoms with Crippen LogP contribution in [0.4, 0.5) is 0 Å². The quantitative estimate of drug-likeness (QED) is 0.648. The molecule has 4 rings (SSSR count). The molecule has 33 heavy (non-hydrogen) atoms. The highest BCUT2D eigenvalue weighted by Gasteiger charge is 2.30. The molecule has 1 aliphatic carbocycles. The first-order valence-electron chi connectivity index (χ1n) is 11.4. The van der Waals surface area contributed by atoms with Gasteiger partial charge in [0.15, 0.2) is 11.6 Å². The fourth-order valence-electron chi connectivity index (χ4n) is 4.19. The van der Waals surface area contributed by atoms with Gasteiger partial charge in [-0.1, -0.05) is 48.5 Å². The molecule has 0 saturated heterocycles. The lowest BCUT2D eigenvalue weighted by Crippen LogP contribution is -2.45. The number of rotatable bonds is 5. The number of amides is 1. The van der Waals surface area contributed by atoms with Crippen LogP contribution in [0.3, 0.4) is 0 Å². The van der Waals surface area contributed by atoms with Gasteiger partial charge >= 0.3 is 0 Å². The largest absolute Gasteiger partial charge is 0.508 e. The van der Waals surface area contributed by atoms with E-state index in [2.05, 4.69) is 22.8 Å². The van der Waals surface area contributed by atoms with E-state index in [0.29, 0.717) is 25.1 Å². The lowest BCUT2D eigenvalue weighted by molar-refractivity contribution is -0.119. The number of phenolic OH excluding ortho intramolecular Hbond substituents is 1. The smallest absolute Gasteiger partial charge is 0.225 e. The maximum absolute atomic E-state index is 12.7. The standard InChI is InChI=1S/C27H29N3O3/c1-18-25(20-10-14-22(31)15-11-20)30-26(21-12-16-23(32)17-13-21)27(28-18)29-24(33)9-5-8-19-6-3-2-4-7-19/h2-4,6-7,10-12,14-16,18,25,30-31H,5,8-9,13,17H2,1H3,(H,28,29,33)/t18-,25?/m0/s1. The number of hydrogen-bond acceptors (Lipinski definition) is 5. The van der Waals surface area contributed by atoms with Gasteiger partial charge in [0.25, 0.3) is 0 Å². The number of ketones is 1. The summed E-state index contributed by atoms with van der Waals surface area (Å²) in [5.74, 6) is 0.760. The average molecular weight is 444 g/mol. The molecule has 0 fully saturated rings. The summed E-state index contributed by atoms with van der Waals surface area (Å²) in [6.07, 6.45) is 6.43. The first-order chi connectivity index (χ1) is 16.0. The second-order valence-electron chi connectivity index (χ2n) is 8.52. The maximum atomic E-state index is 12.7. The van der Waals surface area contributed by atoms with Crippen LogP contribution < -0.4 is 10.6 Å². The van der Waals surface area contributed by atoms with Gasteiger partial charge in [0.1, 0.15) is 5.75 Å². The number of allylic oxidation sites excluding steroid dienone is 3. The van der Waals surface area contributed by atoms with E-state index in [1.54, 1.807) is 18.2 Å². The Morgan fingerprint density at radius 3 is 2.55 bits per heavy atom. The van der Waals surface area contributed by atoms with Crippen molar-refractivity contribution in [3.05, 3.63) is 89.1 Å². The van der Waals surface area contributed by atoms with Crippen molar-refractivity contribution in [1.29, 1.82) is 0 Å². The number of aryl methyl sites for hydroxylation is 1. The minimum absolute atomic E-state index is 0.0734. The molecule has 2 aliphatic rings. The van der Waals surface area contributed by atoms with Crippen LogP contribution in [0.25, 0.3) is 0 Å². The molecule has 1 amide bonds. The normalized spacial score (nSPS) is 22.5. The zero-order valence-electron chi connectivity index (χ0n) is 18.8. The van der Waals surface area contributed by atoms with E-state index in [0.717, 1.165) is 29.7 Å². The van der Waals surface area contributed by atoms with Crippen LogP contribution in [0.15, 0.2) is 83.0 Å². The molecule has 2 atom stereocenters. The molecule has 3 N–H and O–H groups in total. The lowest BCUT2D eigenvalue weighted by Gasteiger charge is -2.33. The van der Waals surface area contributed by atoms with Crippen LogP contribution in [0, 0.1) is 0 Å². The first-order valence-corrected chi connectivity index (χ1v) is 11.4. The predicted molar refractivity (Wildman–Crippen MR) is 129 cm³/mol. The summed E-state index contributed by atoms with van der Waals surface area (Å²) in [4.78, 5) is 29.3. The molecule has 1 aliphatic heterocycles. The first kappa shape index (κ1) is 22.5. The number of carbonyl (C=O) groups is 2. The maximum Gasteiger partial charge on any atom is 0.225 e. The molecule has 2 aromatic carbocycles. The molecule has 1 unspecified atom stereocenters. The Hall–Kier alpha value is -3.67. The van der Waals surface area contributed by atoms with Gasteiger partial charge in [0.05, 0.1) is 17.8 Å². The summed E-state index contributed by atoms with van der Waals surface area (Å²) in [7, 11) is 0. The highest BCUT2D eigenvalue weighted by molar-refractivity contribution is 6.09. The van der Waals surface area contributed by atoms with Crippen LogP contribution >= 0.6 is 0 Å². The Morgan fingerprint density at radius 2 is 1.85 bits per heavy atom. The highest BCUT2D eigenvalue weighted by atomic mass is 16.3. The highest BCUT2D eigenvalue weighted by Crippen LogP contribution is 2.29. The molecule has 6 nitrogen and oxygen atoms in total. The number of aliphatic imine (C=N–C) groups is 1. The van der Waals surface area contributed by atoms with Crippen molar-refractivity contribution in [2.75, 3.05) is 0 Å². The Morgan fingerprint density at radius 1 is 1.09 bits per heavy atom. The van der Waals surface area contributed by atoms with Crippen LogP contribution in [0.5, 0.6) is 5.75 Å². The molecule has 0 radical (unpaired) electrons. The summed E-state index contributed by atoms with van der Waals surface area (Å²) < 4.78 is 0. The number of nitrogens with one attached hydrogen (secondary N) is 2. The Labute approximate surface area is 194 Å². The fourth-order valence-corrected chi connectivity index (χ4v) is 4.19. The second kappa shape index (κ2) is 10.3. The topological polar surface area (TPSA) is 90.8 Å². The number of carbonyl (C=O) groups excluding carboxylic acids is 2. The molecule has 6 heteroatoms. The molecule has 0 spiro atoms. The molecule has 0 saturated carbocycles. The third kappa shape index (κ3) is 5.77. The van der Waals surface area contributed by atoms with E-state index < -0.39 is 0 Å². The number of benzene rings is 2. The number of nitrogens with zero attached hydrogens (tertiary/aromatic N) is 1. The number of aromatic hydroxyl groups is 1. The molecule has 2 aromatic rings. The van der Waals surface area contributed by atoms with E-state index >= 15 is 0 Å². The van der Waals surface area contributed by atoms with Crippen molar-refractivity contribution in [1.82, 2.24) is 10.6 Å². The summed E-state index contributed by atoms with van der Waals surface area (Å²) in [6, 6.07) is 16.9. The molecular weight excluding hydrogens is 414 g/mol. The van der Waals surface area contributed by atoms with Crippen molar-refractivity contribution in [3.8, 4) is 5.75 Å². The third-order valence-electron chi connectivity index (χ3n) is 6.01. The van der Waals surface area contributed by atoms with Crippen molar-refractivity contribution < 1.29 is 14.7 Å². The van der Waals surface area contributed by atoms with Gasteiger partial charge in [0, 0.05) is 12.8 Å². The molecular formula is C27H29N3O3. The lowest BCUT2D eigenvalue weighted by atomic mass is 9.94. The monoisotopic (exact) mass is 443 g/mol. The summed E-state index contributed by atoms with van der Waals surface area (Å²) in [6.45, 7) is 1.99. The zero-order valence-corrected chi connectivity index (χ0v) is 18.8. The minimum atomic E-state index is -0.132. The fraction of sp³-hybridized carbons (Fsp3) is 0.296. The van der Waals surface area contributed by atoms with Crippen molar-refractivity contribution in [3.63, 3.8) is 0 Å². The second-order valence-corrected chi connectivity index (χ2v) is 8.52. The van der Waals surface area contributed by atoms with Crippen LogP contribution in [-0.4, -0.2) is 28.7 Å². The van der Waals surface area contributed by atoms with Gasteiger partial charge in [-0.05, 0) is 61.1 Å². The Kier molecular flexibility index (Phi) is 7.03. The third-order valence-corrected chi connectivity index (χ3v) is 6.01. The van der Waals surface area contributed by atoms with Crippen molar-refractivity contribution in [2.24, 2.45) is 4.99 Å².